The van der Waals surface area contributed by atoms with E-state index in [1.54, 1.807) is 12.3 Å². The minimum Gasteiger partial charge on any atom is -0.365 e. The van der Waals surface area contributed by atoms with Crippen molar-refractivity contribution in [3.05, 3.63) is 81.5 Å². The molecule has 0 radical (unpaired) electrons. The summed E-state index contributed by atoms with van der Waals surface area (Å²) >= 11 is 6.19. The molecule has 0 bridgehead atoms. The van der Waals surface area contributed by atoms with Gasteiger partial charge in [-0.2, -0.15) is 5.10 Å². The van der Waals surface area contributed by atoms with E-state index in [1.807, 2.05) is 49.4 Å². The number of benzene rings is 2. The standard InChI is InChI=1S/C19H17ClN4O/c1-12-6-8-13(9-7-12)11-22-19-17(18(21)25)16(23-24-19)10-14-4-2-3-5-15(14)20/h2-9,11H,10H2,1H3,(H2,21,25)(H,23,24). The number of aryl methyl sites for hydroxylation is 1. The van der Waals surface area contributed by atoms with Crippen LogP contribution in [0.25, 0.3) is 0 Å². The minimum absolute atomic E-state index is 0.273. The molecule has 3 aromatic rings. The minimum atomic E-state index is -0.577. The number of aliphatic imine (C=N–C) groups is 1. The van der Waals surface area contributed by atoms with E-state index in [9.17, 15) is 4.79 Å². The topological polar surface area (TPSA) is 84.1 Å². The molecule has 0 aliphatic heterocycles. The number of nitrogens with zero attached hydrogens (tertiary/aromatic N) is 2. The first-order valence-electron chi connectivity index (χ1n) is 7.76. The van der Waals surface area contributed by atoms with E-state index < -0.39 is 5.91 Å². The number of hydrogen-bond acceptors (Lipinski definition) is 3. The highest BCUT2D eigenvalue weighted by atomic mass is 35.5. The summed E-state index contributed by atoms with van der Waals surface area (Å²) in [6, 6.07) is 15.3. The van der Waals surface area contributed by atoms with Crippen molar-refractivity contribution < 1.29 is 4.79 Å². The van der Waals surface area contributed by atoms with Gasteiger partial charge in [-0.15, -0.1) is 0 Å². The van der Waals surface area contributed by atoms with Gasteiger partial charge in [0.15, 0.2) is 5.82 Å². The quantitative estimate of drug-likeness (QED) is 0.684. The predicted octanol–water partition coefficient (Wildman–Crippen LogP) is 3.81. The van der Waals surface area contributed by atoms with Crippen LogP contribution in [0.4, 0.5) is 5.82 Å². The normalized spacial score (nSPS) is 11.1. The van der Waals surface area contributed by atoms with Crippen molar-refractivity contribution in [2.75, 3.05) is 0 Å². The SMILES string of the molecule is Cc1ccc(C=Nc2n[nH]c(Cc3ccccc3Cl)c2C(N)=O)cc1. The van der Waals surface area contributed by atoms with Gasteiger partial charge in [0.2, 0.25) is 0 Å². The highest BCUT2D eigenvalue weighted by Gasteiger charge is 2.18. The van der Waals surface area contributed by atoms with Crippen LogP contribution in [0.1, 0.15) is 32.7 Å². The average Bonchev–Trinajstić information content (AvgIpc) is 2.99. The third kappa shape index (κ3) is 3.95. The first-order valence-corrected chi connectivity index (χ1v) is 8.13. The molecule has 3 rings (SSSR count). The van der Waals surface area contributed by atoms with Gasteiger partial charge >= 0.3 is 0 Å². The van der Waals surface area contributed by atoms with Crippen LogP contribution in [0.5, 0.6) is 0 Å². The summed E-state index contributed by atoms with van der Waals surface area (Å²) in [6.45, 7) is 2.01. The molecule has 2 aromatic carbocycles. The molecule has 0 fully saturated rings. The summed E-state index contributed by atoms with van der Waals surface area (Å²) in [6.07, 6.45) is 2.08. The highest BCUT2D eigenvalue weighted by molar-refractivity contribution is 6.31. The Morgan fingerprint density at radius 2 is 1.96 bits per heavy atom. The fraction of sp³-hybridized carbons (Fsp3) is 0.105. The Balaban J connectivity index is 1.91. The monoisotopic (exact) mass is 352 g/mol. The van der Waals surface area contributed by atoms with E-state index in [4.69, 9.17) is 17.3 Å². The molecule has 0 unspecified atom stereocenters. The van der Waals surface area contributed by atoms with E-state index in [-0.39, 0.29) is 11.4 Å². The number of aromatic amines is 1. The van der Waals surface area contributed by atoms with Gasteiger partial charge in [-0.25, -0.2) is 4.99 Å². The molecule has 0 spiro atoms. The summed E-state index contributed by atoms with van der Waals surface area (Å²) in [5.74, 6) is -0.304. The van der Waals surface area contributed by atoms with Crippen LogP contribution in [-0.4, -0.2) is 22.3 Å². The Morgan fingerprint density at radius 3 is 2.64 bits per heavy atom. The zero-order chi connectivity index (χ0) is 17.8. The number of carbonyl (C=O) groups excluding carboxylic acids is 1. The lowest BCUT2D eigenvalue weighted by molar-refractivity contribution is 0.100. The summed E-state index contributed by atoms with van der Waals surface area (Å²) in [5, 5.41) is 7.61. The van der Waals surface area contributed by atoms with Gasteiger partial charge in [0.25, 0.3) is 5.91 Å². The Labute approximate surface area is 150 Å². The molecule has 0 aliphatic rings. The largest absolute Gasteiger partial charge is 0.365 e. The highest BCUT2D eigenvalue weighted by Crippen LogP contribution is 2.24. The summed E-state index contributed by atoms with van der Waals surface area (Å²) in [4.78, 5) is 16.2. The number of rotatable bonds is 5. The Kier molecular flexibility index (Phi) is 4.95. The first kappa shape index (κ1) is 16.9. The van der Waals surface area contributed by atoms with E-state index in [2.05, 4.69) is 15.2 Å². The fourth-order valence-electron chi connectivity index (χ4n) is 2.47. The Hall–Kier alpha value is -2.92. The van der Waals surface area contributed by atoms with Crippen LogP contribution in [0, 0.1) is 6.92 Å². The molecular weight excluding hydrogens is 336 g/mol. The van der Waals surface area contributed by atoms with Crippen LogP contribution in [-0.2, 0) is 6.42 Å². The molecule has 0 aliphatic carbocycles. The fourth-order valence-corrected chi connectivity index (χ4v) is 2.67. The number of halogens is 1. The number of hydrogen-bond donors (Lipinski definition) is 2. The maximum absolute atomic E-state index is 11.9. The molecule has 1 heterocycles. The lowest BCUT2D eigenvalue weighted by atomic mass is 10.1. The number of aromatic nitrogens is 2. The van der Waals surface area contributed by atoms with Gasteiger partial charge in [-0.05, 0) is 24.1 Å². The molecule has 0 saturated carbocycles. The number of nitrogens with two attached hydrogens (primary N) is 1. The molecule has 1 aromatic heterocycles. The van der Waals surface area contributed by atoms with Crippen molar-refractivity contribution in [3.63, 3.8) is 0 Å². The third-order valence-electron chi connectivity index (χ3n) is 3.81. The molecule has 0 saturated heterocycles. The molecular formula is C19H17ClN4O. The summed E-state index contributed by atoms with van der Waals surface area (Å²) in [5.41, 5.74) is 9.37. The number of amides is 1. The molecule has 3 N–H and O–H groups in total. The third-order valence-corrected chi connectivity index (χ3v) is 4.18. The van der Waals surface area contributed by atoms with Crippen molar-refractivity contribution >= 4 is 29.5 Å². The van der Waals surface area contributed by atoms with Crippen LogP contribution < -0.4 is 5.73 Å². The van der Waals surface area contributed by atoms with Crippen molar-refractivity contribution in [2.24, 2.45) is 10.7 Å². The van der Waals surface area contributed by atoms with Crippen LogP contribution in [0.2, 0.25) is 5.02 Å². The van der Waals surface area contributed by atoms with E-state index in [0.29, 0.717) is 17.1 Å². The van der Waals surface area contributed by atoms with Crippen molar-refractivity contribution in [2.45, 2.75) is 13.3 Å². The number of H-pyrrole nitrogens is 1. The second-order valence-corrected chi connectivity index (χ2v) is 6.11. The second kappa shape index (κ2) is 7.32. The number of primary amides is 1. The van der Waals surface area contributed by atoms with Crippen LogP contribution >= 0.6 is 11.6 Å². The average molecular weight is 353 g/mol. The summed E-state index contributed by atoms with van der Waals surface area (Å²) < 4.78 is 0. The molecule has 5 nitrogen and oxygen atoms in total. The van der Waals surface area contributed by atoms with Gasteiger partial charge in [0, 0.05) is 17.7 Å². The molecule has 6 heteroatoms. The number of nitrogens with one attached hydrogen (secondary N) is 1. The van der Waals surface area contributed by atoms with Gasteiger partial charge in [0.1, 0.15) is 5.56 Å². The zero-order valence-electron chi connectivity index (χ0n) is 13.7. The molecule has 126 valence electrons. The predicted molar refractivity (Wildman–Crippen MR) is 99.8 cm³/mol. The van der Waals surface area contributed by atoms with Crippen molar-refractivity contribution in [1.82, 2.24) is 10.2 Å². The van der Waals surface area contributed by atoms with E-state index in [1.165, 1.54) is 0 Å². The van der Waals surface area contributed by atoms with E-state index >= 15 is 0 Å². The first-order chi connectivity index (χ1) is 12.0. The van der Waals surface area contributed by atoms with E-state index in [0.717, 1.165) is 16.7 Å². The Bertz CT molecular complexity index is 929. The van der Waals surface area contributed by atoms with Gasteiger partial charge in [0.05, 0.1) is 5.69 Å². The molecule has 1 amide bonds. The lowest BCUT2D eigenvalue weighted by Gasteiger charge is -2.03. The maximum atomic E-state index is 11.9. The van der Waals surface area contributed by atoms with Gasteiger partial charge in [-0.1, -0.05) is 59.6 Å². The van der Waals surface area contributed by atoms with Gasteiger partial charge < -0.3 is 5.73 Å². The smallest absolute Gasteiger partial charge is 0.254 e. The summed E-state index contributed by atoms with van der Waals surface area (Å²) in [7, 11) is 0. The van der Waals surface area contributed by atoms with Gasteiger partial charge in [-0.3, -0.25) is 9.89 Å². The van der Waals surface area contributed by atoms with Crippen LogP contribution in [0.3, 0.4) is 0 Å². The van der Waals surface area contributed by atoms with Crippen molar-refractivity contribution in [1.29, 1.82) is 0 Å². The van der Waals surface area contributed by atoms with Crippen molar-refractivity contribution in [3.8, 4) is 0 Å². The number of carbonyl (C=O) groups is 1. The second-order valence-electron chi connectivity index (χ2n) is 5.70. The lowest BCUT2D eigenvalue weighted by Crippen LogP contribution is -2.13. The molecule has 0 atom stereocenters. The van der Waals surface area contributed by atoms with Crippen LogP contribution in [0.15, 0.2) is 53.5 Å². The zero-order valence-corrected chi connectivity index (χ0v) is 14.4. The Morgan fingerprint density at radius 1 is 1.24 bits per heavy atom. The molecule has 25 heavy (non-hydrogen) atoms. The maximum Gasteiger partial charge on any atom is 0.254 e.